The molecule has 0 atom stereocenters. The van der Waals surface area contributed by atoms with E-state index in [9.17, 15) is 9.90 Å². The molecule has 1 heterocycles. The highest BCUT2D eigenvalue weighted by Gasteiger charge is 2.40. The molecule has 5 heteroatoms. The first-order chi connectivity index (χ1) is 10.1. The fraction of sp³-hybridized carbons (Fsp3) is 0.625. The van der Waals surface area contributed by atoms with Gasteiger partial charge in [0, 0.05) is 18.7 Å². The molecule has 1 aromatic rings. The molecule has 0 bridgehead atoms. The molecule has 1 N–H and O–H groups in total. The molecule has 1 aliphatic rings. The summed E-state index contributed by atoms with van der Waals surface area (Å²) in [6.45, 7) is 0. The molecular formula is C16H23NO4. The van der Waals surface area contributed by atoms with Crippen molar-refractivity contribution in [1.82, 2.24) is 4.98 Å². The number of aromatic nitrogens is 1. The monoisotopic (exact) mass is 293 g/mol. The largest absolute Gasteiger partial charge is 0.493 e. The van der Waals surface area contributed by atoms with Gasteiger partial charge in [0.25, 0.3) is 0 Å². The van der Waals surface area contributed by atoms with Crippen molar-refractivity contribution in [2.24, 2.45) is 5.41 Å². The Morgan fingerprint density at radius 2 is 1.90 bits per heavy atom. The Kier molecular flexibility index (Phi) is 5.04. The predicted octanol–water partition coefficient (Wildman–Crippen LogP) is 3.07. The normalized spacial score (nSPS) is 17.8. The summed E-state index contributed by atoms with van der Waals surface area (Å²) in [5.74, 6) is 0.414. The Morgan fingerprint density at radius 1 is 1.24 bits per heavy atom. The second kappa shape index (κ2) is 6.78. The summed E-state index contributed by atoms with van der Waals surface area (Å²) in [6, 6.07) is 1.73. The van der Waals surface area contributed by atoms with Crippen LogP contribution >= 0.6 is 0 Å². The lowest BCUT2D eigenvalue weighted by atomic mass is 9.76. The van der Waals surface area contributed by atoms with Gasteiger partial charge in [-0.15, -0.1) is 0 Å². The minimum Gasteiger partial charge on any atom is -0.493 e. The first-order valence-corrected chi connectivity index (χ1v) is 7.42. The molecule has 0 aromatic carbocycles. The summed E-state index contributed by atoms with van der Waals surface area (Å²) in [6.07, 6.45) is 7.56. The van der Waals surface area contributed by atoms with Crippen molar-refractivity contribution in [1.29, 1.82) is 0 Å². The summed E-state index contributed by atoms with van der Waals surface area (Å²) < 4.78 is 10.7. The highest BCUT2D eigenvalue weighted by molar-refractivity contribution is 5.75. The van der Waals surface area contributed by atoms with Crippen LogP contribution in [0.4, 0.5) is 0 Å². The van der Waals surface area contributed by atoms with Crippen LogP contribution in [0.1, 0.15) is 44.2 Å². The van der Waals surface area contributed by atoms with E-state index in [2.05, 4.69) is 4.98 Å². The number of hydrogen-bond acceptors (Lipinski definition) is 4. The average molecular weight is 293 g/mol. The van der Waals surface area contributed by atoms with Crippen LogP contribution in [0, 0.1) is 5.41 Å². The van der Waals surface area contributed by atoms with Crippen molar-refractivity contribution in [3.63, 3.8) is 0 Å². The van der Waals surface area contributed by atoms with Gasteiger partial charge in [0.15, 0.2) is 11.5 Å². The average Bonchev–Trinajstić information content (AvgIpc) is 2.73. The van der Waals surface area contributed by atoms with E-state index in [1.54, 1.807) is 26.5 Å². The molecular weight excluding hydrogens is 270 g/mol. The van der Waals surface area contributed by atoms with Crippen LogP contribution in [-0.4, -0.2) is 30.3 Å². The van der Waals surface area contributed by atoms with Gasteiger partial charge >= 0.3 is 5.97 Å². The van der Waals surface area contributed by atoms with Gasteiger partial charge in [-0.05, 0) is 12.8 Å². The standard InChI is InChI=1S/C16H23NO4/c1-20-13-7-10-17-12(14(13)21-2)11-16(15(18)19)8-5-3-4-6-9-16/h7,10H,3-6,8-9,11H2,1-2H3,(H,18,19). The second-order valence-corrected chi connectivity index (χ2v) is 5.67. The van der Waals surface area contributed by atoms with Crippen LogP contribution < -0.4 is 9.47 Å². The van der Waals surface area contributed by atoms with Crippen molar-refractivity contribution in [2.75, 3.05) is 14.2 Å². The number of hydrogen-bond donors (Lipinski definition) is 1. The zero-order valence-electron chi connectivity index (χ0n) is 12.7. The Bertz CT molecular complexity index is 493. The fourth-order valence-electron chi connectivity index (χ4n) is 3.17. The molecule has 5 nitrogen and oxygen atoms in total. The van der Waals surface area contributed by atoms with Gasteiger partial charge in [-0.1, -0.05) is 25.7 Å². The molecule has 0 saturated heterocycles. The van der Waals surface area contributed by atoms with E-state index in [1.165, 1.54) is 0 Å². The third kappa shape index (κ3) is 3.28. The van der Waals surface area contributed by atoms with Crippen LogP contribution in [0.15, 0.2) is 12.3 Å². The smallest absolute Gasteiger partial charge is 0.310 e. The lowest BCUT2D eigenvalue weighted by Crippen LogP contribution is -2.33. The van der Waals surface area contributed by atoms with E-state index in [-0.39, 0.29) is 0 Å². The highest BCUT2D eigenvalue weighted by atomic mass is 16.5. The number of aliphatic carboxylic acids is 1. The maximum Gasteiger partial charge on any atom is 0.310 e. The number of nitrogens with zero attached hydrogens (tertiary/aromatic N) is 1. The van der Waals surface area contributed by atoms with Gasteiger partial charge < -0.3 is 14.6 Å². The number of pyridine rings is 1. The van der Waals surface area contributed by atoms with E-state index in [1.807, 2.05) is 0 Å². The van der Waals surface area contributed by atoms with Crippen LogP contribution in [0.3, 0.4) is 0 Å². The van der Waals surface area contributed by atoms with Crippen LogP contribution in [-0.2, 0) is 11.2 Å². The number of carbonyl (C=O) groups is 1. The minimum atomic E-state index is -0.733. The highest BCUT2D eigenvalue weighted by Crippen LogP contribution is 2.41. The van der Waals surface area contributed by atoms with Crippen molar-refractivity contribution in [3.8, 4) is 11.5 Å². The van der Waals surface area contributed by atoms with Crippen molar-refractivity contribution >= 4 is 5.97 Å². The summed E-state index contributed by atoms with van der Waals surface area (Å²) in [5, 5.41) is 9.77. The van der Waals surface area contributed by atoms with Gasteiger partial charge in [0.2, 0.25) is 0 Å². The van der Waals surface area contributed by atoms with Crippen LogP contribution in [0.5, 0.6) is 11.5 Å². The molecule has 0 amide bonds. The molecule has 0 aliphatic heterocycles. The summed E-state index contributed by atoms with van der Waals surface area (Å²) in [4.78, 5) is 16.2. The maximum atomic E-state index is 11.9. The zero-order valence-corrected chi connectivity index (χ0v) is 12.7. The molecule has 116 valence electrons. The second-order valence-electron chi connectivity index (χ2n) is 5.67. The van der Waals surface area contributed by atoms with Gasteiger partial charge in [-0.3, -0.25) is 9.78 Å². The molecule has 0 unspecified atom stereocenters. The summed E-state index contributed by atoms with van der Waals surface area (Å²) >= 11 is 0. The van der Waals surface area contributed by atoms with Gasteiger partial charge in [0.1, 0.15) is 0 Å². The van der Waals surface area contributed by atoms with E-state index < -0.39 is 11.4 Å². The van der Waals surface area contributed by atoms with E-state index in [0.717, 1.165) is 25.7 Å². The molecule has 21 heavy (non-hydrogen) atoms. The number of methoxy groups -OCH3 is 2. The molecule has 0 radical (unpaired) electrons. The Hall–Kier alpha value is -1.78. The SMILES string of the molecule is COc1ccnc(CC2(C(=O)O)CCCCCC2)c1OC. The maximum absolute atomic E-state index is 11.9. The van der Waals surface area contributed by atoms with Gasteiger partial charge in [0.05, 0.1) is 25.3 Å². The third-order valence-electron chi connectivity index (χ3n) is 4.39. The van der Waals surface area contributed by atoms with Gasteiger partial charge in [-0.2, -0.15) is 0 Å². The molecule has 1 aliphatic carbocycles. The minimum absolute atomic E-state index is 0.392. The Morgan fingerprint density at radius 3 is 2.43 bits per heavy atom. The van der Waals surface area contributed by atoms with Crippen LogP contribution in [0.25, 0.3) is 0 Å². The molecule has 1 aromatic heterocycles. The van der Waals surface area contributed by atoms with Crippen molar-refractivity contribution in [2.45, 2.75) is 44.9 Å². The molecule has 1 fully saturated rings. The van der Waals surface area contributed by atoms with E-state index in [4.69, 9.17) is 9.47 Å². The van der Waals surface area contributed by atoms with E-state index in [0.29, 0.717) is 36.5 Å². The first kappa shape index (κ1) is 15.6. The van der Waals surface area contributed by atoms with Gasteiger partial charge in [-0.25, -0.2) is 0 Å². The lowest BCUT2D eigenvalue weighted by molar-refractivity contribution is -0.150. The fourth-order valence-corrected chi connectivity index (χ4v) is 3.17. The number of carboxylic acids is 1. The van der Waals surface area contributed by atoms with Crippen molar-refractivity contribution < 1.29 is 19.4 Å². The zero-order chi connectivity index (χ0) is 15.3. The topological polar surface area (TPSA) is 68.7 Å². The Labute approximate surface area is 125 Å². The Balaban J connectivity index is 2.35. The molecule has 1 saturated carbocycles. The quantitative estimate of drug-likeness (QED) is 0.845. The summed E-state index contributed by atoms with van der Waals surface area (Å²) in [5.41, 5.74) is -0.0653. The molecule has 0 spiro atoms. The van der Waals surface area contributed by atoms with Crippen LogP contribution in [0.2, 0.25) is 0 Å². The number of ether oxygens (including phenoxy) is 2. The number of rotatable bonds is 5. The summed E-state index contributed by atoms with van der Waals surface area (Å²) in [7, 11) is 3.13. The van der Waals surface area contributed by atoms with Crippen molar-refractivity contribution in [3.05, 3.63) is 18.0 Å². The lowest BCUT2D eigenvalue weighted by Gasteiger charge is -2.28. The number of carboxylic acid groups (broad SMARTS) is 1. The van der Waals surface area contributed by atoms with E-state index >= 15 is 0 Å². The first-order valence-electron chi connectivity index (χ1n) is 7.42. The third-order valence-corrected chi connectivity index (χ3v) is 4.39. The predicted molar refractivity (Wildman–Crippen MR) is 78.8 cm³/mol. The molecule has 2 rings (SSSR count).